The number of carbonyl (C=O) groups excluding carboxylic acids is 2. The summed E-state index contributed by atoms with van der Waals surface area (Å²) < 4.78 is 4.86. The van der Waals surface area contributed by atoms with E-state index in [1.807, 2.05) is 0 Å². The fourth-order valence-electron chi connectivity index (χ4n) is 1.76. The number of hydrogen-bond donors (Lipinski definition) is 1. The summed E-state index contributed by atoms with van der Waals surface area (Å²) in [5.41, 5.74) is 1.91. The molecular formula is C13H13N3O5. The second-order valence-corrected chi connectivity index (χ2v) is 5.17. The molecule has 21 heavy (non-hydrogen) atoms. The lowest BCUT2D eigenvalue weighted by molar-refractivity contribution is -0.384. The number of esters is 1. The quantitative estimate of drug-likeness (QED) is 0.512. The largest absolute Gasteiger partial charge is 0.460 e. The molecule has 1 heterocycles. The van der Waals surface area contributed by atoms with Gasteiger partial charge in [-0.2, -0.15) is 5.10 Å². The molecule has 0 radical (unpaired) electrons. The molecule has 0 unspecified atom stereocenters. The number of cyclic esters (lactones) is 1. The number of amides is 1. The van der Waals surface area contributed by atoms with Crippen molar-refractivity contribution in [2.24, 2.45) is 10.5 Å². The normalized spacial score (nSPS) is 18.4. The van der Waals surface area contributed by atoms with Gasteiger partial charge in [0.15, 0.2) is 5.71 Å². The zero-order valence-electron chi connectivity index (χ0n) is 11.5. The van der Waals surface area contributed by atoms with E-state index >= 15 is 0 Å². The van der Waals surface area contributed by atoms with Gasteiger partial charge >= 0.3 is 5.97 Å². The van der Waals surface area contributed by atoms with E-state index in [4.69, 9.17) is 4.74 Å². The second-order valence-electron chi connectivity index (χ2n) is 5.17. The number of ether oxygens (including phenoxy) is 1. The maximum Gasteiger partial charge on any atom is 0.355 e. The molecule has 1 N–H and O–H groups in total. The molecule has 1 fully saturated rings. The molecule has 1 aromatic carbocycles. The van der Waals surface area contributed by atoms with Crippen molar-refractivity contribution in [1.82, 2.24) is 5.43 Å². The first-order valence-corrected chi connectivity index (χ1v) is 6.11. The van der Waals surface area contributed by atoms with Crippen LogP contribution in [0.25, 0.3) is 0 Å². The first-order valence-electron chi connectivity index (χ1n) is 6.11. The Balaban J connectivity index is 2.11. The van der Waals surface area contributed by atoms with Crippen molar-refractivity contribution in [2.45, 2.75) is 13.8 Å². The molecule has 0 bridgehead atoms. The average molecular weight is 291 g/mol. The van der Waals surface area contributed by atoms with E-state index in [2.05, 4.69) is 10.5 Å². The number of nitrogens with one attached hydrogen (secondary N) is 1. The molecule has 8 heteroatoms. The Morgan fingerprint density at radius 3 is 2.48 bits per heavy atom. The second kappa shape index (κ2) is 5.31. The fraction of sp³-hybridized carbons (Fsp3) is 0.308. The van der Waals surface area contributed by atoms with Crippen LogP contribution in [0.1, 0.15) is 24.2 Å². The topological polar surface area (TPSA) is 111 Å². The van der Waals surface area contributed by atoms with Gasteiger partial charge in [0.25, 0.3) is 11.6 Å². The Labute approximate surface area is 119 Å². The number of nitrogens with zero attached hydrogens (tertiary/aromatic N) is 2. The lowest BCUT2D eigenvalue weighted by Crippen LogP contribution is -2.29. The van der Waals surface area contributed by atoms with Gasteiger partial charge in [-0.05, 0) is 12.1 Å². The standard InChI is InChI=1S/C13H13N3O5/c1-13(2)7-21-12(18)10(13)14-15-11(17)8-3-5-9(6-4-8)16(19)20/h3-6H,7H2,1-2H3,(H,15,17). The average Bonchev–Trinajstić information content (AvgIpc) is 2.70. The SMILES string of the molecule is CC1(C)COC(=O)C1=NNC(=O)c1ccc([N+](=O)[O-])cc1. The molecule has 2 rings (SSSR count). The number of rotatable bonds is 3. The highest BCUT2D eigenvalue weighted by molar-refractivity contribution is 6.40. The van der Waals surface area contributed by atoms with Gasteiger partial charge in [0.1, 0.15) is 6.61 Å². The Morgan fingerprint density at radius 1 is 1.38 bits per heavy atom. The Bertz CT molecular complexity index is 634. The minimum Gasteiger partial charge on any atom is -0.460 e. The zero-order valence-corrected chi connectivity index (χ0v) is 11.5. The molecule has 1 aromatic rings. The molecule has 0 saturated carbocycles. The maximum atomic E-state index is 11.9. The molecule has 1 saturated heterocycles. The summed E-state index contributed by atoms with van der Waals surface area (Å²) in [6.45, 7) is 3.75. The predicted octanol–water partition coefficient (Wildman–Crippen LogP) is 1.26. The molecule has 1 aliphatic heterocycles. The molecule has 0 atom stereocenters. The van der Waals surface area contributed by atoms with E-state index in [0.717, 1.165) is 0 Å². The Morgan fingerprint density at radius 2 is 2.00 bits per heavy atom. The van der Waals surface area contributed by atoms with Gasteiger partial charge in [0.05, 0.1) is 10.3 Å². The third-order valence-electron chi connectivity index (χ3n) is 3.01. The van der Waals surface area contributed by atoms with Crippen LogP contribution in [0.5, 0.6) is 0 Å². The van der Waals surface area contributed by atoms with Crippen molar-refractivity contribution < 1.29 is 19.2 Å². The van der Waals surface area contributed by atoms with Gasteiger partial charge in [0, 0.05) is 17.7 Å². The van der Waals surface area contributed by atoms with Crippen molar-refractivity contribution >= 4 is 23.3 Å². The van der Waals surface area contributed by atoms with Crippen molar-refractivity contribution in [3.63, 3.8) is 0 Å². The third-order valence-corrected chi connectivity index (χ3v) is 3.01. The fourth-order valence-corrected chi connectivity index (χ4v) is 1.76. The molecular weight excluding hydrogens is 278 g/mol. The van der Waals surface area contributed by atoms with E-state index in [1.54, 1.807) is 13.8 Å². The van der Waals surface area contributed by atoms with Crippen LogP contribution in [0, 0.1) is 15.5 Å². The third kappa shape index (κ3) is 3.04. The van der Waals surface area contributed by atoms with E-state index in [9.17, 15) is 19.7 Å². The van der Waals surface area contributed by atoms with Gasteiger partial charge in [0.2, 0.25) is 0 Å². The minimum atomic E-state index is -0.570. The van der Waals surface area contributed by atoms with Crippen LogP contribution in [0.3, 0.4) is 0 Å². The summed E-state index contributed by atoms with van der Waals surface area (Å²) in [5.74, 6) is -1.13. The van der Waals surface area contributed by atoms with Crippen molar-refractivity contribution in [3.05, 3.63) is 39.9 Å². The van der Waals surface area contributed by atoms with Crippen LogP contribution in [-0.4, -0.2) is 29.1 Å². The first-order chi connectivity index (χ1) is 9.81. The highest BCUT2D eigenvalue weighted by Crippen LogP contribution is 2.25. The maximum absolute atomic E-state index is 11.9. The van der Waals surface area contributed by atoms with E-state index < -0.39 is 22.2 Å². The van der Waals surface area contributed by atoms with Crippen LogP contribution < -0.4 is 5.43 Å². The Kier molecular flexibility index (Phi) is 3.70. The van der Waals surface area contributed by atoms with Gasteiger partial charge in [-0.3, -0.25) is 14.9 Å². The summed E-state index contributed by atoms with van der Waals surface area (Å²) in [6.07, 6.45) is 0. The summed E-state index contributed by atoms with van der Waals surface area (Å²) in [6, 6.07) is 5.06. The van der Waals surface area contributed by atoms with Gasteiger partial charge < -0.3 is 4.74 Å². The van der Waals surface area contributed by atoms with Crippen molar-refractivity contribution in [2.75, 3.05) is 6.61 Å². The number of hydrogen-bond acceptors (Lipinski definition) is 6. The first kappa shape index (κ1) is 14.6. The predicted molar refractivity (Wildman–Crippen MR) is 72.7 cm³/mol. The van der Waals surface area contributed by atoms with Crippen LogP contribution >= 0.6 is 0 Å². The summed E-state index contributed by atoms with van der Waals surface area (Å²) >= 11 is 0. The molecule has 0 aromatic heterocycles. The molecule has 1 amide bonds. The molecule has 110 valence electrons. The van der Waals surface area contributed by atoms with E-state index in [1.165, 1.54) is 24.3 Å². The van der Waals surface area contributed by atoms with Gasteiger partial charge in [-0.1, -0.05) is 13.8 Å². The van der Waals surface area contributed by atoms with E-state index in [0.29, 0.717) is 0 Å². The van der Waals surface area contributed by atoms with Crippen molar-refractivity contribution in [3.8, 4) is 0 Å². The number of hydrazone groups is 1. The van der Waals surface area contributed by atoms with Crippen LogP contribution in [0.2, 0.25) is 0 Å². The highest BCUT2D eigenvalue weighted by atomic mass is 16.6. The van der Waals surface area contributed by atoms with Crippen LogP contribution in [0.4, 0.5) is 5.69 Å². The van der Waals surface area contributed by atoms with Crippen LogP contribution in [0.15, 0.2) is 29.4 Å². The number of nitro groups is 1. The summed E-state index contributed by atoms with van der Waals surface area (Å²) in [7, 11) is 0. The highest BCUT2D eigenvalue weighted by Gasteiger charge is 2.40. The zero-order chi connectivity index (χ0) is 15.6. The van der Waals surface area contributed by atoms with E-state index in [-0.39, 0.29) is 23.6 Å². The number of carbonyl (C=O) groups is 2. The molecule has 0 aliphatic carbocycles. The van der Waals surface area contributed by atoms with Crippen molar-refractivity contribution in [1.29, 1.82) is 0 Å². The summed E-state index contributed by atoms with van der Waals surface area (Å²) in [4.78, 5) is 33.3. The number of non-ortho nitro benzene ring substituents is 1. The summed E-state index contributed by atoms with van der Waals surface area (Å²) in [5, 5.41) is 14.3. The van der Waals surface area contributed by atoms with Gasteiger partial charge in [-0.25, -0.2) is 10.2 Å². The smallest absolute Gasteiger partial charge is 0.355 e. The molecule has 1 aliphatic rings. The molecule has 0 spiro atoms. The number of benzene rings is 1. The Hall–Kier alpha value is -2.77. The lowest BCUT2D eigenvalue weighted by Gasteiger charge is -2.12. The molecule has 8 nitrogen and oxygen atoms in total. The monoisotopic (exact) mass is 291 g/mol. The minimum absolute atomic E-state index is 0.113. The van der Waals surface area contributed by atoms with Gasteiger partial charge in [-0.15, -0.1) is 0 Å². The van der Waals surface area contributed by atoms with Crippen LogP contribution in [-0.2, 0) is 9.53 Å². The lowest BCUT2D eigenvalue weighted by atomic mass is 9.91. The number of nitro benzene ring substituents is 1.